The fraction of sp³-hybridized carbons (Fsp3) is 0.462. The largest absolute Gasteiger partial charge is 0.478 e. The van der Waals surface area contributed by atoms with E-state index in [0.717, 1.165) is 19.3 Å². The lowest BCUT2D eigenvalue weighted by molar-refractivity contribution is -0.384. The first-order valence-electron chi connectivity index (χ1n) is 6.32. The second-order valence-corrected chi connectivity index (χ2v) is 5.94. The first-order chi connectivity index (χ1) is 9.51. The Morgan fingerprint density at radius 1 is 1.50 bits per heavy atom. The van der Waals surface area contributed by atoms with Crippen LogP contribution in [0.1, 0.15) is 29.6 Å². The Morgan fingerprint density at radius 3 is 2.80 bits per heavy atom. The van der Waals surface area contributed by atoms with Gasteiger partial charge in [-0.15, -0.1) is 0 Å². The minimum absolute atomic E-state index is 0.0533. The number of hydrogen-bond acceptors (Lipinski definition) is 5. The van der Waals surface area contributed by atoms with Gasteiger partial charge in [0.1, 0.15) is 5.69 Å². The van der Waals surface area contributed by atoms with Crippen LogP contribution >= 0.6 is 11.8 Å². The van der Waals surface area contributed by atoms with E-state index in [1.54, 1.807) is 11.8 Å². The summed E-state index contributed by atoms with van der Waals surface area (Å²) in [5.74, 6) is -1.09. The highest BCUT2D eigenvalue weighted by Crippen LogP contribution is 2.33. The van der Waals surface area contributed by atoms with Crippen molar-refractivity contribution < 1.29 is 14.8 Å². The summed E-state index contributed by atoms with van der Waals surface area (Å²) in [5, 5.41) is 23.7. The van der Waals surface area contributed by atoms with Gasteiger partial charge < -0.3 is 10.4 Å². The first-order valence-corrected chi connectivity index (χ1v) is 7.61. The molecule has 0 heterocycles. The van der Waals surface area contributed by atoms with E-state index in [1.807, 2.05) is 0 Å². The number of hydrogen-bond donors (Lipinski definition) is 2. The van der Waals surface area contributed by atoms with Crippen molar-refractivity contribution in [1.29, 1.82) is 0 Å². The second-order valence-electron chi connectivity index (χ2n) is 4.81. The van der Waals surface area contributed by atoms with Gasteiger partial charge in [-0.05, 0) is 37.7 Å². The Bertz CT molecular complexity index is 535. The predicted octanol–water partition coefficient (Wildman–Crippen LogP) is 2.99. The highest BCUT2D eigenvalue weighted by molar-refractivity contribution is 7.99. The number of carboxylic acids is 1. The third kappa shape index (κ3) is 3.22. The molecule has 0 aromatic heterocycles. The van der Waals surface area contributed by atoms with Crippen LogP contribution in [-0.4, -0.2) is 33.5 Å². The minimum atomic E-state index is -1.09. The van der Waals surface area contributed by atoms with Gasteiger partial charge in [0.05, 0.1) is 10.5 Å². The molecule has 1 saturated carbocycles. The monoisotopic (exact) mass is 296 g/mol. The molecule has 1 aliphatic rings. The van der Waals surface area contributed by atoms with Gasteiger partial charge in [-0.25, -0.2) is 4.79 Å². The number of nitrogens with zero attached hydrogens (tertiary/aromatic N) is 1. The van der Waals surface area contributed by atoms with Crippen LogP contribution in [0.5, 0.6) is 0 Å². The van der Waals surface area contributed by atoms with Crippen LogP contribution in [0.15, 0.2) is 18.2 Å². The quantitative estimate of drug-likeness (QED) is 0.641. The summed E-state index contributed by atoms with van der Waals surface area (Å²) in [6, 6.07) is 4.00. The summed E-state index contributed by atoms with van der Waals surface area (Å²) >= 11 is 1.80. The molecule has 20 heavy (non-hydrogen) atoms. The molecule has 0 bridgehead atoms. The number of rotatable bonds is 5. The molecule has 2 unspecified atom stereocenters. The molecule has 0 aliphatic heterocycles. The number of nitrogens with one attached hydrogen (secondary N) is 1. The lowest BCUT2D eigenvalue weighted by Gasteiger charge is -2.14. The average Bonchev–Trinajstić information content (AvgIpc) is 2.86. The SMILES string of the molecule is CSC1CCC(Nc2cc(C(=O)O)ccc2[N+](=O)[O-])C1. The molecule has 0 spiro atoms. The Hall–Kier alpha value is -1.76. The molecule has 6 nitrogen and oxygen atoms in total. The van der Waals surface area contributed by atoms with E-state index in [2.05, 4.69) is 11.6 Å². The molecule has 108 valence electrons. The van der Waals surface area contributed by atoms with E-state index in [9.17, 15) is 14.9 Å². The predicted molar refractivity (Wildman–Crippen MR) is 78.6 cm³/mol. The topological polar surface area (TPSA) is 92.5 Å². The van der Waals surface area contributed by atoms with E-state index in [1.165, 1.54) is 18.2 Å². The molecule has 1 aromatic rings. The fourth-order valence-corrected chi connectivity index (χ4v) is 3.25. The van der Waals surface area contributed by atoms with Crippen molar-refractivity contribution in [2.75, 3.05) is 11.6 Å². The van der Waals surface area contributed by atoms with Crippen molar-refractivity contribution in [2.24, 2.45) is 0 Å². The highest BCUT2D eigenvalue weighted by atomic mass is 32.2. The smallest absolute Gasteiger partial charge is 0.335 e. The molecule has 1 aliphatic carbocycles. The van der Waals surface area contributed by atoms with Gasteiger partial charge >= 0.3 is 5.97 Å². The maximum Gasteiger partial charge on any atom is 0.335 e. The zero-order valence-electron chi connectivity index (χ0n) is 11.0. The Kier molecular flexibility index (Phi) is 4.49. The van der Waals surface area contributed by atoms with Crippen LogP contribution in [0, 0.1) is 10.1 Å². The normalized spacial score (nSPS) is 21.6. The molecule has 2 atom stereocenters. The molecule has 0 radical (unpaired) electrons. The number of benzene rings is 1. The maximum absolute atomic E-state index is 11.0. The van der Waals surface area contributed by atoms with Gasteiger partial charge in [-0.3, -0.25) is 10.1 Å². The summed E-state index contributed by atoms with van der Waals surface area (Å²) < 4.78 is 0. The third-order valence-electron chi connectivity index (χ3n) is 3.52. The van der Waals surface area contributed by atoms with Gasteiger partial charge in [-0.1, -0.05) is 0 Å². The van der Waals surface area contributed by atoms with Crippen LogP contribution in [0.2, 0.25) is 0 Å². The van der Waals surface area contributed by atoms with Crippen LogP contribution in [0.3, 0.4) is 0 Å². The van der Waals surface area contributed by atoms with Gasteiger partial charge in [0, 0.05) is 17.4 Å². The average molecular weight is 296 g/mol. The van der Waals surface area contributed by atoms with Crippen molar-refractivity contribution in [2.45, 2.75) is 30.6 Å². The number of carbonyl (C=O) groups is 1. The van der Waals surface area contributed by atoms with Crippen LogP contribution in [0.4, 0.5) is 11.4 Å². The molecule has 0 amide bonds. The number of thioether (sulfide) groups is 1. The summed E-state index contributed by atoms with van der Waals surface area (Å²) in [4.78, 5) is 21.5. The summed E-state index contributed by atoms with van der Waals surface area (Å²) in [6.07, 6.45) is 5.02. The Labute approximate surface area is 120 Å². The van der Waals surface area contributed by atoms with Crippen molar-refractivity contribution in [3.8, 4) is 0 Å². The van der Waals surface area contributed by atoms with Gasteiger partial charge in [0.2, 0.25) is 0 Å². The van der Waals surface area contributed by atoms with Crippen molar-refractivity contribution in [3.05, 3.63) is 33.9 Å². The molecule has 1 fully saturated rings. The maximum atomic E-state index is 11.0. The van der Waals surface area contributed by atoms with Gasteiger partial charge in [0.15, 0.2) is 0 Å². The lowest BCUT2D eigenvalue weighted by atomic mass is 10.1. The summed E-state index contributed by atoms with van der Waals surface area (Å²) in [6.45, 7) is 0. The summed E-state index contributed by atoms with van der Waals surface area (Å²) in [5.41, 5.74) is 0.266. The fourth-order valence-electron chi connectivity index (χ4n) is 2.45. The molecular formula is C13H16N2O4S. The highest BCUT2D eigenvalue weighted by Gasteiger charge is 2.26. The van der Waals surface area contributed by atoms with E-state index in [0.29, 0.717) is 10.9 Å². The second kappa shape index (κ2) is 6.13. The number of anilines is 1. The van der Waals surface area contributed by atoms with Crippen molar-refractivity contribution >= 4 is 29.1 Å². The van der Waals surface area contributed by atoms with E-state index < -0.39 is 10.9 Å². The van der Waals surface area contributed by atoms with E-state index >= 15 is 0 Å². The summed E-state index contributed by atoms with van der Waals surface area (Å²) in [7, 11) is 0. The van der Waals surface area contributed by atoms with Crippen molar-refractivity contribution in [1.82, 2.24) is 0 Å². The Morgan fingerprint density at radius 2 is 2.25 bits per heavy atom. The molecular weight excluding hydrogens is 280 g/mol. The molecule has 2 N–H and O–H groups in total. The van der Waals surface area contributed by atoms with Crippen molar-refractivity contribution in [3.63, 3.8) is 0 Å². The Balaban J connectivity index is 2.22. The molecule has 0 saturated heterocycles. The zero-order valence-corrected chi connectivity index (χ0v) is 11.9. The zero-order chi connectivity index (χ0) is 14.7. The molecule has 1 aromatic carbocycles. The lowest BCUT2D eigenvalue weighted by Crippen LogP contribution is -2.17. The van der Waals surface area contributed by atoms with Crippen LogP contribution < -0.4 is 5.32 Å². The number of nitro groups is 1. The number of nitro benzene ring substituents is 1. The first kappa shape index (κ1) is 14.6. The van der Waals surface area contributed by atoms with Gasteiger partial charge in [-0.2, -0.15) is 11.8 Å². The van der Waals surface area contributed by atoms with Gasteiger partial charge in [0.25, 0.3) is 5.69 Å². The third-order valence-corrected chi connectivity index (χ3v) is 4.61. The van der Waals surface area contributed by atoms with E-state index in [-0.39, 0.29) is 17.3 Å². The molecule has 2 rings (SSSR count). The van der Waals surface area contributed by atoms with Crippen LogP contribution in [0.25, 0.3) is 0 Å². The number of carboxylic acid groups (broad SMARTS) is 1. The number of aromatic carboxylic acids is 1. The minimum Gasteiger partial charge on any atom is -0.478 e. The standard InChI is InChI=1S/C13H16N2O4S/c1-20-10-4-3-9(7-10)14-11-6-8(13(16)17)2-5-12(11)15(18)19/h2,5-6,9-10,14H,3-4,7H2,1H3,(H,16,17). The molecule has 7 heteroatoms. The van der Waals surface area contributed by atoms with E-state index in [4.69, 9.17) is 5.11 Å². The van der Waals surface area contributed by atoms with Crippen LogP contribution in [-0.2, 0) is 0 Å².